The summed E-state index contributed by atoms with van der Waals surface area (Å²) in [6, 6.07) is 4.44. The number of sulfone groups is 1. The van der Waals surface area contributed by atoms with E-state index in [-0.39, 0.29) is 15.7 Å². The predicted octanol–water partition coefficient (Wildman–Crippen LogP) is 5.14. The molecule has 0 bridgehead atoms. The average Bonchev–Trinajstić information content (AvgIpc) is 3.03. The van der Waals surface area contributed by atoms with Gasteiger partial charge in [-0.15, -0.1) is 0 Å². The van der Waals surface area contributed by atoms with Crippen molar-refractivity contribution in [2.24, 2.45) is 0 Å². The summed E-state index contributed by atoms with van der Waals surface area (Å²) in [5, 5.41) is 0.547. The van der Waals surface area contributed by atoms with Crippen molar-refractivity contribution in [3.05, 3.63) is 45.3 Å². The number of imidazole rings is 1. The highest BCUT2D eigenvalue weighted by atomic mass is 35.5. The molecule has 3 aromatic rings. The zero-order valence-corrected chi connectivity index (χ0v) is 19.7. The Hall–Kier alpha value is -1.83. The highest BCUT2D eigenvalue weighted by molar-refractivity contribution is 7.91. The molecule has 0 saturated heterocycles. The Morgan fingerprint density at radius 2 is 1.87 bits per heavy atom. The molecule has 9 heteroatoms. The lowest BCUT2D eigenvalue weighted by atomic mass is 10.2. The molecular weight excluding hydrogens is 443 g/mol. The van der Waals surface area contributed by atoms with Gasteiger partial charge in [0.05, 0.1) is 21.2 Å². The number of aryl methyl sites for hydroxylation is 4. The molecule has 0 atom stereocenters. The molecule has 30 heavy (non-hydrogen) atoms. The Morgan fingerprint density at radius 1 is 1.13 bits per heavy atom. The van der Waals surface area contributed by atoms with Gasteiger partial charge in [0.15, 0.2) is 15.7 Å². The first-order valence-electron chi connectivity index (χ1n) is 9.95. The van der Waals surface area contributed by atoms with E-state index in [1.807, 2.05) is 13.8 Å². The number of anilines is 1. The first kappa shape index (κ1) is 22.8. The first-order valence-corrected chi connectivity index (χ1v) is 12.4. The monoisotopic (exact) mass is 468 g/mol. The van der Waals surface area contributed by atoms with Gasteiger partial charge in [-0.25, -0.2) is 18.4 Å². The molecule has 0 saturated carbocycles. The topological polar surface area (TPSA) is 90.9 Å². The molecule has 0 amide bonds. The summed E-state index contributed by atoms with van der Waals surface area (Å²) in [6.45, 7) is 6.56. The molecule has 0 aliphatic rings. The molecule has 3 rings (SSSR count). The molecular formula is C21H26Cl2N4O2S. The van der Waals surface area contributed by atoms with Crippen LogP contribution in [-0.2, 0) is 22.8 Å². The molecule has 2 aromatic heterocycles. The molecule has 2 heterocycles. The Kier molecular flexibility index (Phi) is 6.95. The molecule has 0 unspecified atom stereocenters. The minimum atomic E-state index is -3.53. The van der Waals surface area contributed by atoms with Gasteiger partial charge in [-0.1, -0.05) is 36.5 Å². The van der Waals surface area contributed by atoms with Gasteiger partial charge >= 0.3 is 0 Å². The maximum Gasteiger partial charge on any atom is 0.179 e. The maximum absolute atomic E-state index is 12.8. The van der Waals surface area contributed by atoms with E-state index in [1.165, 1.54) is 18.2 Å². The van der Waals surface area contributed by atoms with Gasteiger partial charge in [-0.3, -0.25) is 0 Å². The fourth-order valence-corrected chi connectivity index (χ4v) is 5.68. The van der Waals surface area contributed by atoms with Crippen LogP contribution >= 0.6 is 23.2 Å². The normalized spacial score (nSPS) is 12.0. The van der Waals surface area contributed by atoms with Crippen molar-refractivity contribution < 1.29 is 8.42 Å². The largest absolute Gasteiger partial charge is 0.382 e. The zero-order valence-electron chi connectivity index (χ0n) is 17.4. The highest BCUT2D eigenvalue weighted by Crippen LogP contribution is 2.29. The number of nitrogens with two attached hydrogens (primary N) is 1. The van der Waals surface area contributed by atoms with E-state index in [0.29, 0.717) is 29.3 Å². The summed E-state index contributed by atoms with van der Waals surface area (Å²) >= 11 is 12.0. The summed E-state index contributed by atoms with van der Waals surface area (Å²) in [6.07, 6.45) is 3.26. The third-order valence-electron chi connectivity index (χ3n) is 5.25. The van der Waals surface area contributed by atoms with Crippen LogP contribution in [0.15, 0.2) is 23.1 Å². The number of pyridine rings is 1. The van der Waals surface area contributed by atoms with Gasteiger partial charge in [-0.05, 0) is 50.5 Å². The molecule has 2 N–H and O–H groups in total. The number of aromatic nitrogens is 3. The van der Waals surface area contributed by atoms with Crippen LogP contribution < -0.4 is 5.73 Å². The number of nitrogen functional groups attached to an aromatic ring is 1. The fourth-order valence-electron chi connectivity index (χ4n) is 3.56. The molecule has 1 aromatic carbocycles. The fraction of sp³-hybridized carbons (Fsp3) is 0.429. The second kappa shape index (κ2) is 9.12. The molecule has 162 valence electrons. The van der Waals surface area contributed by atoms with Crippen LogP contribution in [0, 0.1) is 13.8 Å². The second-order valence-electron chi connectivity index (χ2n) is 7.44. The van der Waals surface area contributed by atoms with Crippen LogP contribution in [0.4, 0.5) is 5.82 Å². The van der Waals surface area contributed by atoms with Gasteiger partial charge in [0, 0.05) is 23.7 Å². The van der Waals surface area contributed by atoms with E-state index in [2.05, 4.69) is 16.5 Å². The Balaban J connectivity index is 1.91. The molecule has 0 radical (unpaired) electrons. The SMILES string of the molecule is CCCCc1nc2c(N)nc(C)c(C)c2n1CCCS(=O)(=O)c1ccc(Cl)cc1Cl. The van der Waals surface area contributed by atoms with E-state index < -0.39 is 9.84 Å². The number of hydrogen-bond donors (Lipinski definition) is 1. The molecule has 6 nitrogen and oxygen atoms in total. The Bertz CT molecular complexity index is 1190. The lowest BCUT2D eigenvalue weighted by Crippen LogP contribution is -2.12. The van der Waals surface area contributed by atoms with Crippen molar-refractivity contribution in [3.8, 4) is 0 Å². The zero-order chi connectivity index (χ0) is 22.1. The number of unbranched alkanes of at least 4 members (excludes halogenated alkanes) is 1. The van der Waals surface area contributed by atoms with Gasteiger partial charge in [0.1, 0.15) is 11.3 Å². The molecule has 0 fully saturated rings. The highest BCUT2D eigenvalue weighted by Gasteiger charge is 2.21. The van der Waals surface area contributed by atoms with Crippen molar-refractivity contribution in [3.63, 3.8) is 0 Å². The van der Waals surface area contributed by atoms with Crippen LogP contribution in [0.1, 0.15) is 43.3 Å². The van der Waals surface area contributed by atoms with E-state index >= 15 is 0 Å². The Morgan fingerprint density at radius 3 is 2.53 bits per heavy atom. The summed E-state index contributed by atoms with van der Waals surface area (Å²) in [4.78, 5) is 9.24. The molecule has 0 aliphatic carbocycles. The van der Waals surface area contributed by atoms with Gasteiger partial charge in [-0.2, -0.15) is 0 Å². The number of fused-ring (bicyclic) bond motifs is 1. The quantitative estimate of drug-likeness (QED) is 0.493. The van der Waals surface area contributed by atoms with Crippen LogP contribution in [0.5, 0.6) is 0 Å². The maximum atomic E-state index is 12.8. The van der Waals surface area contributed by atoms with Gasteiger partial charge in [0.25, 0.3) is 0 Å². The predicted molar refractivity (Wildman–Crippen MR) is 123 cm³/mol. The average molecular weight is 469 g/mol. The van der Waals surface area contributed by atoms with Crippen molar-refractivity contribution in [1.82, 2.24) is 14.5 Å². The minimum Gasteiger partial charge on any atom is -0.382 e. The summed E-state index contributed by atoms with van der Waals surface area (Å²) in [5.41, 5.74) is 9.62. The molecule has 0 aliphatic heterocycles. The second-order valence-corrected chi connectivity index (χ2v) is 10.4. The number of nitrogens with zero attached hydrogens (tertiary/aromatic N) is 3. The van der Waals surface area contributed by atoms with Crippen LogP contribution in [0.2, 0.25) is 10.0 Å². The van der Waals surface area contributed by atoms with Gasteiger partial charge in [0.2, 0.25) is 0 Å². The van der Waals surface area contributed by atoms with E-state index in [1.54, 1.807) is 0 Å². The molecule has 0 spiro atoms. The lowest BCUT2D eigenvalue weighted by molar-refractivity contribution is 0.583. The Labute approximate surface area is 187 Å². The lowest BCUT2D eigenvalue weighted by Gasteiger charge is -2.12. The van der Waals surface area contributed by atoms with Crippen LogP contribution in [0.3, 0.4) is 0 Å². The van der Waals surface area contributed by atoms with Crippen LogP contribution in [-0.4, -0.2) is 28.7 Å². The van der Waals surface area contributed by atoms with Crippen LogP contribution in [0.25, 0.3) is 11.0 Å². The van der Waals surface area contributed by atoms with Crippen molar-refractivity contribution in [2.45, 2.75) is 57.9 Å². The number of halogens is 2. The van der Waals surface area contributed by atoms with Crippen molar-refractivity contribution in [1.29, 1.82) is 0 Å². The minimum absolute atomic E-state index is 0.0279. The first-order chi connectivity index (χ1) is 14.2. The van der Waals surface area contributed by atoms with Crippen molar-refractivity contribution >= 4 is 49.9 Å². The summed E-state index contributed by atoms with van der Waals surface area (Å²) in [7, 11) is -3.53. The summed E-state index contributed by atoms with van der Waals surface area (Å²) in [5.74, 6) is 1.29. The van der Waals surface area contributed by atoms with E-state index in [0.717, 1.165) is 41.9 Å². The third-order valence-corrected chi connectivity index (χ3v) is 7.77. The smallest absolute Gasteiger partial charge is 0.179 e. The number of benzene rings is 1. The van der Waals surface area contributed by atoms with E-state index in [4.69, 9.17) is 33.9 Å². The van der Waals surface area contributed by atoms with Gasteiger partial charge < -0.3 is 10.3 Å². The number of rotatable bonds is 8. The third kappa shape index (κ3) is 4.58. The number of hydrogen-bond acceptors (Lipinski definition) is 5. The standard InChI is InChI=1S/C21H26Cl2N4O2S/c1-4-5-7-18-26-19-20(13(2)14(3)25-21(19)24)27(18)10-6-11-30(28,29)17-9-8-15(22)12-16(17)23/h8-9,12H,4-7,10-11H2,1-3H3,(H2,24,25). The van der Waals surface area contributed by atoms with Crippen molar-refractivity contribution in [2.75, 3.05) is 11.5 Å². The van der Waals surface area contributed by atoms with E-state index in [9.17, 15) is 8.42 Å². The summed E-state index contributed by atoms with van der Waals surface area (Å²) < 4.78 is 27.7.